The summed E-state index contributed by atoms with van der Waals surface area (Å²) in [5.74, 6) is 0. The first kappa shape index (κ1) is 14.0. The summed E-state index contributed by atoms with van der Waals surface area (Å²) in [5.41, 5.74) is 2.85. The molecule has 0 saturated heterocycles. The third kappa shape index (κ3) is 1.98. The molecule has 4 rings (SSSR count). The second kappa shape index (κ2) is 4.96. The standard InChI is InChI=1S/C16H14ClN5O/c1-3-22-7-11-12(20-22)5-4-9(14(11)17)10-6-18-15-13(10)16(23)21(2)8-19-15/h4-8,18H,3H2,1-2H3. The first-order valence-corrected chi connectivity index (χ1v) is 7.66. The molecule has 0 amide bonds. The highest BCUT2D eigenvalue weighted by molar-refractivity contribution is 6.38. The Balaban J connectivity index is 2.05. The van der Waals surface area contributed by atoms with Crippen molar-refractivity contribution in [1.29, 1.82) is 0 Å². The molecule has 0 radical (unpaired) electrons. The van der Waals surface area contributed by atoms with E-state index in [0.29, 0.717) is 16.1 Å². The van der Waals surface area contributed by atoms with Crippen LogP contribution in [-0.4, -0.2) is 24.3 Å². The van der Waals surface area contributed by atoms with E-state index in [1.165, 1.54) is 10.9 Å². The summed E-state index contributed by atoms with van der Waals surface area (Å²) in [7, 11) is 1.68. The van der Waals surface area contributed by atoms with Gasteiger partial charge in [-0.05, 0) is 13.0 Å². The minimum atomic E-state index is -0.105. The van der Waals surface area contributed by atoms with E-state index in [1.54, 1.807) is 13.2 Å². The van der Waals surface area contributed by atoms with Crippen LogP contribution in [0.25, 0.3) is 33.1 Å². The predicted octanol–water partition coefficient (Wildman–Crippen LogP) is 2.95. The SMILES string of the molecule is CCn1cc2c(Cl)c(-c3c[nH]c4ncn(C)c(=O)c34)ccc2n1. The third-order valence-corrected chi connectivity index (χ3v) is 4.45. The molecule has 0 aliphatic heterocycles. The van der Waals surface area contributed by atoms with Gasteiger partial charge in [0.1, 0.15) is 5.65 Å². The number of fused-ring (bicyclic) bond motifs is 2. The monoisotopic (exact) mass is 327 g/mol. The number of nitrogens with one attached hydrogen (secondary N) is 1. The molecule has 0 aliphatic carbocycles. The maximum atomic E-state index is 12.5. The molecule has 0 bridgehead atoms. The van der Waals surface area contributed by atoms with Crippen LogP contribution in [-0.2, 0) is 13.6 Å². The molecule has 3 heterocycles. The molecule has 0 fully saturated rings. The Morgan fingerprint density at radius 1 is 1.30 bits per heavy atom. The van der Waals surface area contributed by atoms with Gasteiger partial charge in [0.2, 0.25) is 0 Å². The zero-order valence-electron chi connectivity index (χ0n) is 12.7. The van der Waals surface area contributed by atoms with Gasteiger partial charge in [0.15, 0.2) is 0 Å². The molecule has 6 nitrogen and oxygen atoms in total. The van der Waals surface area contributed by atoms with Crippen LogP contribution in [0, 0.1) is 0 Å². The van der Waals surface area contributed by atoms with Gasteiger partial charge in [-0.3, -0.25) is 9.48 Å². The Hall–Kier alpha value is -2.60. The number of H-pyrrole nitrogens is 1. The largest absolute Gasteiger partial charge is 0.345 e. The fourth-order valence-electron chi connectivity index (χ4n) is 2.80. The van der Waals surface area contributed by atoms with Crippen molar-refractivity contribution in [2.24, 2.45) is 7.05 Å². The fraction of sp³-hybridized carbons (Fsp3) is 0.188. The van der Waals surface area contributed by atoms with Crippen molar-refractivity contribution < 1.29 is 0 Å². The van der Waals surface area contributed by atoms with E-state index < -0.39 is 0 Å². The minimum absolute atomic E-state index is 0.105. The van der Waals surface area contributed by atoms with Gasteiger partial charge in [0.05, 0.1) is 22.3 Å². The average molecular weight is 328 g/mol. The van der Waals surface area contributed by atoms with E-state index in [2.05, 4.69) is 15.1 Å². The first-order chi connectivity index (χ1) is 11.1. The molecule has 3 aromatic heterocycles. The lowest BCUT2D eigenvalue weighted by Crippen LogP contribution is -2.16. The molecule has 116 valence electrons. The van der Waals surface area contributed by atoms with E-state index in [-0.39, 0.29) is 5.56 Å². The predicted molar refractivity (Wildman–Crippen MR) is 90.7 cm³/mol. The van der Waals surface area contributed by atoms with E-state index in [4.69, 9.17) is 11.6 Å². The lowest BCUT2D eigenvalue weighted by molar-refractivity contribution is 0.668. The average Bonchev–Trinajstić information content (AvgIpc) is 3.16. The molecule has 1 aromatic carbocycles. The van der Waals surface area contributed by atoms with Crippen LogP contribution in [0.3, 0.4) is 0 Å². The normalized spacial score (nSPS) is 11.6. The van der Waals surface area contributed by atoms with Crippen molar-refractivity contribution in [2.75, 3.05) is 0 Å². The molecule has 0 spiro atoms. The summed E-state index contributed by atoms with van der Waals surface area (Å²) in [4.78, 5) is 19.7. The topological polar surface area (TPSA) is 68.5 Å². The Bertz CT molecular complexity index is 1110. The number of aryl methyl sites for hydroxylation is 2. The zero-order valence-corrected chi connectivity index (χ0v) is 13.4. The lowest BCUT2D eigenvalue weighted by Gasteiger charge is -2.04. The van der Waals surface area contributed by atoms with Gasteiger partial charge >= 0.3 is 0 Å². The van der Waals surface area contributed by atoms with Crippen LogP contribution in [0.2, 0.25) is 5.02 Å². The van der Waals surface area contributed by atoms with Crippen LogP contribution >= 0.6 is 11.6 Å². The van der Waals surface area contributed by atoms with Gasteiger partial charge in [-0.2, -0.15) is 5.10 Å². The van der Waals surface area contributed by atoms with Gasteiger partial charge in [-0.25, -0.2) is 4.98 Å². The van der Waals surface area contributed by atoms with Crippen LogP contribution in [0.4, 0.5) is 0 Å². The van der Waals surface area contributed by atoms with Crippen molar-refractivity contribution in [3.05, 3.63) is 46.2 Å². The molecule has 0 atom stereocenters. The molecule has 23 heavy (non-hydrogen) atoms. The van der Waals surface area contributed by atoms with E-state index in [1.807, 2.05) is 29.9 Å². The van der Waals surface area contributed by atoms with Crippen molar-refractivity contribution in [2.45, 2.75) is 13.5 Å². The highest BCUT2D eigenvalue weighted by atomic mass is 35.5. The number of benzene rings is 1. The van der Waals surface area contributed by atoms with Crippen LogP contribution in [0.5, 0.6) is 0 Å². The Morgan fingerprint density at radius 3 is 2.91 bits per heavy atom. The minimum Gasteiger partial charge on any atom is -0.345 e. The van der Waals surface area contributed by atoms with E-state index in [0.717, 1.165) is 28.6 Å². The number of halogens is 1. The van der Waals surface area contributed by atoms with Crippen LogP contribution < -0.4 is 5.56 Å². The quantitative estimate of drug-likeness (QED) is 0.615. The Labute approximate surface area is 136 Å². The number of hydrogen-bond acceptors (Lipinski definition) is 3. The number of rotatable bonds is 2. The van der Waals surface area contributed by atoms with Crippen LogP contribution in [0.15, 0.2) is 35.6 Å². The summed E-state index contributed by atoms with van der Waals surface area (Å²) >= 11 is 6.60. The van der Waals surface area contributed by atoms with E-state index >= 15 is 0 Å². The maximum Gasteiger partial charge on any atom is 0.263 e. The van der Waals surface area contributed by atoms with Gasteiger partial charge in [-0.15, -0.1) is 0 Å². The summed E-state index contributed by atoms with van der Waals surface area (Å²) in [5, 5.41) is 6.46. The van der Waals surface area contributed by atoms with Crippen molar-refractivity contribution >= 4 is 33.5 Å². The van der Waals surface area contributed by atoms with Crippen molar-refractivity contribution in [3.8, 4) is 11.1 Å². The Kier molecular flexibility index (Phi) is 3.02. The number of aromatic amines is 1. The third-order valence-electron chi connectivity index (χ3n) is 4.04. The Morgan fingerprint density at radius 2 is 2.13 bits per heavy atom. The van der Waals surface area contributed by atoms with Crippen molar-refractivity contribution in [1.82, 2.24) is 24.3 Å². The molecule has 0 unspecified atom stereocenters. The molecule has 0 saturated carbocycles. The fourth-order valence-corrected chi connectivity index (χ4v) is 3.11. The number of nitrogens with zero attached hydrogens (tertiary/aromatic N) is 4. The summed E-state index contributed by atoms with van der Waals surface area (Å²) < 4.78 is 3.30. The molecule has 1 N–H and O–H groups in total. The number of hydrogen-bond donors (Lipinski definition) is 1. The van der Waals surface area contributed by atoms with Crippen LogP contribution in [0.1, 0.15) is 6.92 Å². The zero-order chi connectivity index (χ0) is 16.1. The maximum absolute atomic E-state index is 12.5. The first-order valence-electron chi connectivity index (χ1n) is 7.29. The summed E-state index contributed by atoms with van der Waals surface area (Å²) in [6, 6.07) is 3.81. The molecule has 4 aromatic rings. The summed E-state index contributed by atoms with van der Waals surface area (Å²) in [6.45, 7) is 2.80. The van der Waals surface area contributed by atoms with Gasteiger partial charge in [0.25, 0.3) is 5.56 Å². The molecule has 7 heteroatoms. The highest BCUT2D eigenvalue weighted by Crippen LogP contribution is 2.36. The lowest BCUT2D eigenvalue weighted by atomic mass is 10.0. The molecule has 0 aliphatic rings. The summed E-state index contributed by atoms with van der Waals surface area (Å²) in [6.07, 6.45) is 5.20. The molecular weight excluding hydrogens is 314 g/mol. The molecular formula is C16H14ClN5O. The highest BCUT2D eigenvalue weighted by Gasteiger charge is 2.16. The second-order valence-electron chi connectivity index (χ2n) is 5.43. The smallest absolute Gasteiger partial charge is 0.263 e. The number of aromatic nitrogens is 5. The second-order valence-corrected chi connectivity index (χ2v) is 5.81. The van der Waals surface area contributed by atoms with Gasteiger partial charge < -0.3 is 9.55 Å². The van der Waals surface area contributed by atoms with Gasteiger partial charge in [-0.1, -0.05) is 17.7 Å². The van der Waals surface area contributed by atoms with Gasteiger partial charge in [0, 0.05) is 42.5 Å². The van der Waals surface area contributed by atoms with Crippen molar-refractivity contribution in [3.63, 3.8) is 0 Å². The van der Waals surface area contributed by atoms with E-state index in [9.17, 15) is 4.79 Å².